The highest BCUT2D eigenvalue weighted by atomic mass is 35.6. The number of carbonyl (C=O) groups excluding carboxylic acids is 2. The number of esters is 1. The molecule has 0 radical (unpaired) electrons. The SMILES string of the molecule is CC1(C)[C@]2(C(=O)[O-])CC[C@@]1(C)[C@@H](OC(=O)C(Cl)(Cl)Cl)C2. The molecule has 0 aromatic carbocycles. The van der Waals surface area contributed by atoms with Crippen LogP contribution in [-0.2, 0) is 14.3 Å². The molecule has 2 rings (SSSR count). The zero-order valence-electron chi connectivity index (χ0n) is 11.5. The highest BCUT2D eigenvalue weighted by molar-refractivity contribution is 6.75. The van der Waals surface area contributed by atoms with E-state index in [-0.39, 0.29) is 6.42 Å². The summed E-state index contributed by atoms with van der Waals surface area (Å²) in [7, 11) is 0. The molecule has 0 saturated heterocycles. The van der Waals surface area contributed by atoms with Gasteiger partial charge in [0.1, 0.15) is 6.10 Å². The van der Waals surface area contributed by atoms with Gasteiger partial charge < -0.3 is 14.6 Å². The number of fused-ring (bicyclic) bond motifs is 2. The monoisotopic (exact) mass is 341 g/mol. The van der Waals surface area contributed by atoms with Gasteiger partial charge in [0.25, 0.3) is 3.79 Å². The van der Waals surface area contributed by atoms with E-state index < -0.39 is 38.1 Å². The third-order valence-electron chi connectivity index (χ3n) is 5.81. The third-order valence-corrected chi connectivity index (χ3v) is 6.27. The van der Waals surface area contributed by atoms with Gasteiger partial charge in [-0.25, -0.2) is 4.79 Å². The van der Waals surface area contributed by atoms with Crippen LogP contribution in [0.4, 0.5) is 0 Å². The second-order valence-electron chi connectivity index (χ2n) is 6.51. The second-order valence-corrected chi connectivity index (χ2v) is 8.79. The van der Waals surface area contributed by atoms with E-state index in [0.717, 1.165) is 0 Å². The molecule has 0 spiro atoms. The van der Waals surface area contributed by atoms with Crippen molar-refractivity contribution in [3.8, 4) is 0 Å². The van der Waals surface area contributed by atoms with E-state index in [1.54, 1.807) is 0 Å². The van der Waals surface area contributed by atoms with Gasteiger partial charge >= 0.3 is 5.97 Å². The van der Waals surface area contributed by atoms with Crippen LogP contribution in [0.3, 0.4) is 0 Å². The van der Waals surface area contributed by atoms with E-state index in [2.05, 4.69) is 0 Å². The molecule has 2 saturated carbocycles. The number of halogens is 3. The van der Waals surface area contributed by atoms with Gasteiger partial charge in [-0.05, 0) is 24.7 Å². The Morgan fingerprint density at radius 1 is 1.20 bits per heavy atom. The molecule has 114 valence electrons. The maximum absolute atomic E-state index is 11.7. The lowest BCUT2D eigenvalue weighted by Crippen LogP contribution is -2.47. The lowest BCUT2D eigenvalue weighted by Gasteiger charge is -2.41. The molecular weight excluding hydrogens is 326 g/mol. The predicted octanol–water partition coefficient (Wildman–Crippen LogP) is 2.23. The molecule has 7 heteroatoms. The average Bonchev–Trinajstić information content (AvgIpc) is 2.58. The number of hydrogen-bond acceptors (Lipinski definition) is 4. The van der Waals surface area contributed by atoms with E-state index in [1.807, 2.05) is 20.8 Å². The van der Waals surface area contributed by atoms with Crippen molar-refractivity contribution in [2.75, 3.05) is 0 Å². The van der Waals surface area contributed by atoms with E-state index >= 15 is 0 Å². The molecule has 2 aliphatic rings. The van der Waals surface area contributed by atoms with Crippen molar-refractivity contribution in [2.24, 2.45) is 16.2 Å². The van der Waals surface area contributed by atoms with Gasteiger partial charge in [-0.3, -0.25) is 0 Å². The molecule has 3 atom stereocenters. The first-order valence-electron chi connectivity index (χ1n) is 6.38. The number of alkyl halides is 3. The molecule has 20 heavy (non-hydrogen) atoms. The van der Waals surface area contributed by atoms with Crippen molar-refractivity contribution in [1.82, 2.24) is 0 Å². The van der Waals surface area contributed by atoms with Crippen LogP contribution in [0, 0.1) is 16.2 Å². The topological polar surface area (TPSA) is 66.4 Å². The molecule has 2 bridgehead atoms. The summed E-state index contributed by atoms with van der Waals surface area (Å²) in [4.78, 5) is 23.4. The van der Waals surface area contributed by atoms with Crippen molar-refractivity contribution in [1.29, 1.82) is 0 Å². The second kappa shape index (κ2) is 4.40. The lowest BCUT2D eigenvalue weighted by atomic mass is 9.65. The van der Waals surface area contributed by atoms with Gasteiger partial charge in [-0.15, -0.1) is 0 Å². The summed E-state index contributed by atoms with van der Waals surface area (Å²) in [5, 5.41) is 11.6. The Hall–Kier alpha value is -0.190. The smallest absolute Gasteiger partial charge is 0.358 e. The maximum atomic E-state index is 11.7. The standard InChI is InChI=1S/C13H17Cl3O4/c1-10(2)11(3)4-5-12(10,8(17)18)6-7(11)20-9(19)13(14,15)16/h7H,4-6H2,1-3H3,(H,17,18)/p-1/t7-,11-,12+/m0/s1. The molecule has 0 amide bonds. The maximum Gasteiger partial charge on any atom is 0.358 e. The normalized spacial score (nSPS) is 38.8. The highest BCUT2D eigenvalue weighted by Crippen LogP contribution is 2.72. The van der Waals surface area contributed by atoms with Gasteiger partial charge in [0.15, 0.2) is 0 Å². The van der Waals surface area contributed by atoms with Crippen LogP contribution in [0.1, 0.15) is 40.0 Å². The Labute approximate surface area is 132 Å². The number of aliphatic carboxylic acids is 1. The number of ether oxygens (including phenoxy) is 1. The lowest BCUT2D eigenvalue weighted by molar-refractivity contribution is -0.323. The van der Waals surface area contributed by atoms with Crippen molar-refractivity contribution in [3.63, 3.8) is 0 Å². The largest absolute Gasteiger partial charge is 0.550 e. The zero-order chi connectivity index (χ0) is 15.6. The third kappa shape index (κ3) is 1.87. The van der Waals surface area contributed by atoms with Crippen LogP contribution in [0.15, 0.2) is 0 Å². The first kappa shape index (κ1) is 16.2. The summed E-state index contributed by atoms with van der Waals surface area (Å²) >= 11 is 16.5. The van der Waals surface area contributed by atoms with Gasteiger partial charge in [-0.2, -0.15) is 0 Å². The number of carboxylic acid groups (broad SMARTS) is 1. The number of rotatable bonds is 2. The fourth-order valence-corrected chi connectivity index (χ4v) is 4.05. The summed E-state index contributed by atoms with van der Waals surface area (Å²) in [6, 6.07) is 0. The number of carbonyl (C=O) groups is 2. The van der Waals surface area contributed by atoms with Crippen molar-refractivity contribution < 1.29 is 19.4 Å². The molecule has 0 aliphatic heterocycles. The molecule has 0 aromatic heterocycles. The van der Waals surface area contributed by atoms with Crippen molar-refractivity contribution in [2.45, 2.75) is 49.9 Å². The average molecular weight is 343 g/mol. The molecule has 2 aliphatic carbocycles. The fourth-order valence-electron chi connectivity index (χ4n) is 3.92. The van der Waals surface area contributed by atoms with E-state index in [0.29, 0.717) is 12.8 Å². The minimum Gasteiger partial charge on any atom is -0.550 e. The highest BCUT2D eigenvalue weighted by Gasteiger charge is 2.71. The fraction of sp³-hybridized carbons (Fsp3) is 0.846. The van der Waals surface area contributed by atoms with Gasteiger partial charge in [0, 0.05) is 16.8 Å². The number of hydrogen-bond donors (Lipinski definition) is 0. The van der Waals surface area contributed by atoms with Crippen LogP contribution in [0.5, 0.6) is 0 Å². The van der Waals surface area contributed by atoms with Crippen LogP contribution in [0.2, 0.25) is 0 Å². The van der Waals surface area contributed by atoms with E-state index in [4.69, 9.17) is 39.5 Å². The van der Waals surface area contributed by atoms with Gasteiger partial charge in [0.2, 0.25) is 0 Å². The van der Waals surface area contributed by atoms with E-state index in [9.17, 15) is 14.7 Å². The summed E-state index contributed by atoms with van der Waals surface area (Å²) < 4.78 is 3.14. The van der Waals surface area contributed by atoms with E-state index in [1.165, 1.54) is 0 Å². The first-order valence-corrected chi connectivity index (χ1v) is 7.51. The van der Waals surface area contributed by atoms with Crippen LogP contribution in [0.25, 0.3) is 0 Å². The Bertz CT molecular complexity index is 471. The van der Waals surface area contributed by atoms with Crippen LogP contribution in [-0.4, -0.2) is 21.8 Å². The summed E-state index contributed by atoms with van der Waals surface area (Å²) in [5.41, 5.74) is -2.03. The molecule has 4 nitrogen and oxygen atoms in total. The van der Waals surface area contributed by atoms with Crippen molar-refractivity contribution in [3.05, 3.63) is 0 Å². The zero-order valence-corrected chi connectivity index (χ0v) is 13.7. The molecule has 0 heterocycles. The summed E-state index contributed by atoms with van der Waals surface area (Å²) in [6.07, 6.45) is 0.755. The molecule has 0 aromatic rings. The van der Waals surface area contributed by atoms with Gasteiger partial charge in [-0.1, -0.05) is 55.6 Å². The summed E-state index contributed by atoms with van der Waals surface area (Å²) in [6.45, 7) is 5.67. The molecular formula is C13H16Cl3O4-. The predicted molar refractivity (Wildman–Crippen MR) is 73.3 cm³/mol. The quantitative estimate of drug-likeness (QED) is 0.570. The summed E-state index contributed by atoms with van der Waals surface area (Å²) in [5.74, 6) is -2.07. The molecule has 2 fully saturated rings. The minimum absolute atomic E-state index is 0.200. The number of carboxylic acids is 1. The Morgan fingerprint density at radius 2 is 1.75 bits per heavy atom. The Morgan fingerprint density at radius 3 is 2.15 bits per heavy atom. The Kier molecular flexibility index (Phi) is 3.56. The van der Waals surface area contributed by atoms with Crippen molar-refractivity contribution >= 4 is 46.7 Å². The first-order chi connectivity index (χ1) is 8.88. The van der Waals surface area contributed by atoms with Crippen LogP contribution < -0.4 is 5.11 Å². The molecule has 0 unspecified atom stereocenters. The molecule has 0 N–H and O–H groups in total. The van der Waals surface area contributed by atoms with Gasteiger partial charge in [0.05, 0.1) is 0 Å². The van der Waals surface area contributed by atoms with Crippen LogP contribution >= 0.6 is 34.8 Å². The minimum atomic E-state index is -2.16. The Balaban J connectivity index is 2.33.